The zero-order chi connectivity index (χ0) is 14.8. The number of carbonyl (C=O) groups is 1. The Bertz CT molecular complexity index is 616. The van der Waals surface area contributed by atoms with Gasteiger partial charge in [0.1, 0.15) is 5.82 Å². The van der Waals surface area contributed by atoms with Crippen LogP contribution in [0.3, 0.4) is 0 Å². The number of rotatable bonds is 3. The van der Waals surface area contributed by atoms with Gasteiger partial charge >= 0.3 is 0 Å². The topological polar surface area (TPSA) is 66.9 Å². The van der Waals surface area contributed by atoms with E-state index in [2.05, 4.69) is 41.4 Å². The molecule has 0 aliphatic heterocycles. The molecule has 2 aromatic rings. The molecule has 20 heavy (non-hydrogen) atoms. The Morgan fingerprint density at radius 3 is 2.70 bits per heavy atom. The highest BCUT2D eigenvalue weighted by atomic mass is 32.1. The van der Waals surface area contributed by atoms with Crippen molar-refractivity contribution in [1.82, 2.24) is 9.97 Å². The van der Waals surface area contributed by atoms with Gasteiger partial charge in [-0.25, -0.2) is 9.97 Å². The lowest BCUT2D eigenvalue weighted by Gasteiger charge is -2.14. The molecule has 0 fully saturated rings. The molecule has 0 aliphatic rings. The number of hydrogen-bond acceptors (Lipinski definition) is 5. The molecule has 0 bridgehead atoms. The maximum Gasteiger partial charge on any atom is 0.257 e. The van der Waals surface area contributed by atoms with Gasteiger partial charge in [-0.2, -0.15) is 0 Å². The lowest BCUT2D eigenvalue weighted by Crippen LogP contribution is -2.14. The molecule has 2 rings (SSSR count). The Labute approximate surface area is 122 Å². The Balaban J connectivity index is 2.13. The van der Waals surface area contributed by atoms with Gasteiger partial charge in [-0.15, -0.1) is 11.3 Å². The van der Waals surface area contributed by atoms with E-state index in [4.69, 9.17) is 0 Å². The molecular formula is C14H18N4OS. The van der Waals surface area contributed by atoms with E-state index in [1.165, 1.54) is 11.3 Å². The summed E-state index contributed by atoms with van der Waals surface area (Å²) in [5.74, 6) is 0.478. The molecule has 0 saturated heterocycles. The van der Waals surface area contributed by atoms with E-state index in [1.54, 1.807) is 25.4 Å². The Hall–Kier alpha value is -1.95. The van der Waals surface area contributed by atoms with Gasteiger partial charge in [-0.1, -0.05) is 20.8 Å². The van der Waals surface area contributed by atoms with Crippen molar-refractivity contribution in [1.29, 1.82) is 0 Å². The van der Waals surface area contributed by atoms with E-state index in [1.807, 2.05) is 5.38 Å². The Morgan fingerprint density at radius 1 is 1.35 bits per heavy atom. The normalized spacial score (nSPS) is 11.2. The van der Waals surface area contributed by atoms with Gasteiger partial charge in [0.25, 0.3) is 5.91 Å². The first-order valence-electron chi connectivity index (χ1n) is 6.31. The van der Waals surface area contributed by atoms with Gasteiger partial charge in [-0.05, 0) is 12.1 Å². The summed E-state index contributed by atoms with van der Waals surface area (Å²) in [6.45, 7) is 6.28. The van der Waals surface area contributed by atoms with Gasteiger partial charge < -0.3 is 5.32 Å². The number of pyridine rings is 1. The quantitative estimate of drug-likeness (QED) is 0.911. The number of hydrogen-bond donors (Lipinski definition) is 2. The fourth-order valence-electron chi connectivity index (χ4n) is 1.55. The molecule has 0 radical (unpaired) electrons. The second-order valence-electron chi connectivity index (χ2n) is 5.42. The highest BCUT2D eigenvalue weighted by Crippen LogP contribution is 2.26. The number of anilines is 2. The average molecular weight is 290 g/mol. The molecule has 2 heterocycles. The molecular weight excluding hydrogens is 272 g/mol. The van der Waals surface area contributed by atoms with Crippen LogP contribution in [-0.4, -0.2) is 22.9 Å². The lowest BCUT2D eigenvalue weighted by molar-refractivity contribution is 0.102. The molecule has 2 N–H and O–H groups in total. The summed E-state index contributed by atoms with van der Waals surface area (Å²) in [6.07, 6.45) is 1.60. The summed E-state index contributed by atoms with van der Waals surface area (Å²) >= 11 is 1.44. The van der Waals surface area contributed by atoms with Crippen LogP contribution in [0.15, 0.2) is 23.7 Å². The van der Waals surface area contributed by atoms with Crippen LogP contribution in [0, 0.1) is 0 Å². The highest BCUT2D eigenvalue weighted by Gasteiger charge is 2.18. The Morgan fingerprint density at radius 2 is 2.10 bits per heavy atom. The third-order valence-corrected chi connectivity index (χ3v) is 3.53. The first-order valence-corrected chi connectivity index (χ1v) is 7.19. The summed E-state index contributed by atoms with van der Waals surface area (Å²) in [5, 5.41) is 8.31. The summed E-state index contributed by atoms with van der Waals surface area (Å²) in [6, 6.07) is 3.38. The first kappa shape index (κ1) is 14.5. The molecule has 1 amide bonds. The minimum Gasteiger partial charge on any atom is -0.373 e. The number of thiazole rings is 1. The number of carbonyl (C=O) groups excluding carboxylic acids is 1. The maximum absolute atomic E-state index is 12.1. The summed E-state index contributed by atoms with van der Waals surface area (Å²) in [5.41, 5.74) is 1.51. The molecule has 0 aromatic carbocycles. The molecule has 0 spiro atoms. The SMILES string of the molecule is CNc1cc(C(=O)Nc2nc(C(C)(C)C)cs2)ccn1. The summed E-state index contributed by atoms with van der Waals surface area (Å²) < 4.78 is 0. The van der Waals surface area contributed by atoms with Crippen molar-refractivity contribution in [3.05, 3.63) is 35.0 Å². The monoisotopic (exact) mass is 290 g/mol. The van der Waals surface area contributed by atoms with Crippen LogP contribution < -0.4 is 10.6 Å². The second-order valence-corrected chi connectivity index (χ2v) is 6.28. The van der Waals surface area contributed by atoms with Gasteiger partial charge in [0, 0.05) is 29.6 Å². The average Bonchev–Trinajstić information content (AvgIpc) is 2.87. The van der Waals surface area contributed by atoms with Crippen molar-refractivity contribution in [3.8, 4) is 0 Å². The van der Waals surface area contributed by atoms with E-state index in [-0.39, 0.29) is 11.3 Å². The van der Waals surface area contributed by atoms with Crippen LogP contribution in [-0.2, 0) is 5.41 Å². The number of nitrogens with one attached hydrogen (secondary N) is 2. The molecule has 0 aliphatic carbocycles. The van der Waals surface area contributed by atoms with Crippen molar-refractivity contribution in [3.63, 3.8) is 0 Å². The zero-order valence-electron chi connectivity index (χ0n) is 12.0. The minimum absolute atomic E-state index is 0.0184. The van der Waals surface area contributed by atoms with Crippen molar-refractivity contribution < 1.29 is 4.79 Å². The van der Waals surface area contributed by atoms with Crippen molar-refractivity contribution in [2.75, 3.05) is 17.7 Å². The van der Waals surface area contributed by atoms with Crippen LogP contribution in [0.25, 0.3) is 0 Å². The van der Waals surface area contributed by atoms with Crippen molar-refractivity contribution >= 4 is 28.2 Å². The third kappa shape index (κ3) is 3.33. The standard InChI is InChI=1S/C14H18N4OS/c1-14(2,3)10-8-20-13(17-10)18-12(19)9-5-6-16-11(7-9)15-4/h5-8H,1-4H3,(H,15,16)(H,17,18,19). The molecule has 5 nitrogen and oxygen atoms in total. The maximum atomic E-state index is 12.1. The molecule has 0 unspecified atom stereocenters. The highest BCUT2D eigenvalue weighted by molar-refractivity contribution is 7.14. The summed E-state index contributed by atoms with van der Waals surface area (Å²) in [7, 11) is 1.76. The number of nitrogens with zero attached hydrogens (tertiary/aromatic N) is 2. The van der Waals surface area contributed by atoms with E-state index in [9.17, 15) is 4.79 Å². The molecule has 106 valence electrons. The molecule has 6 heteroatoms. The second kappa shape index (κ2) is 5.58. The zero-order valence-corrected chi connectivity index (χ0v) is 12.8. The van der Waals surface area contributed by atoms with Crippen molar-refractivity contribution in [2.24, 2.45) is 0 Å². The third-order valence-electron chi connectivity index (χ3n) is 2.77. The van der Waals surface area contributed by atoms with Gasteiger partial charge in [0.2, 0.25) is 0 Å². The summed E-state index contributed by atoms with van der Waals surface area (Å²) in [4.78, 5) is 20.7. The number of amides is 1. The van der Waals surface area contributed by atoms with Crippen LogP contribution in [0.2, 0.25) is 0 Å². The van der Waals surface area contributed by atoms with Crippen LogP contribution in [0.4, 0.5) is 10.9 Å². The smallest absolute Gasteiger partial charge is 0.257 e. The van der Waals surface area contributed by atoms with Gasteiger partial charge in [0.05, 0.1) is 5.69 Å². The fourth-order valence-corrected chi connectivity index (χ4v) is 2.49. The predicted molar refractivity (Wildman–Crippen MR) is 82.6 cm³/mol. The Kier molecular flexibility index (Phi) is 4.04. The van der Waals surface area contributed by atoms with E-state index < -0.39 is 0 Å². The van der Waals surface area contributed by atoms with Gasteiger partial charge in [-0.3, -0.25) is 10.1 Å². The number of aromatic nitrogens is 2. The molecule has 2 aromatic heterocycles. The van der Waals surface area contributed by atoms with Crippen LogP contribution in [0.1, 0.15) is 36.8 Å². The van der Waals surface area contributed by atoms with E-state index in [0.29, 0.717) is 16.5 Å². The lowest BCUT2D eigenvalue weighted by atomic mass is 9.93. The fraction of sp³-hybridized carbons (Fsp3) is 0.357. The first-order chi connectivity index (χ1) is 9.40. The van der Waals surface area contributed by atoms with Crippen LogP contribution in [0.5, 0.6) is 0 Å². The van der Waals surface area contributed by atoms with Crippen molar-refractivity contribution in [2.45, 2.75) is 26.2 Å². The largest absolute Gasteiger partial charge is 0.373 e. The molecule has 0 atom stereocenters. The van der Waals surface area contributed by atoms with Gasteiger partial charge in [0.15, 0.2) is 5.13 Å². The minimum atomic E-state index is -0.182. The van der Waals surface area contributed by atoms with E-state index >= 15 is 0 Å². The van der Waals surface area contributed by atoms with Crippen LogP contribution >= 0.6 is 11.3 Å². The van der Waals surface area contributed by atoms with E-state index in [0.717, 1.165) is 5.69 Å². The molecule has 0 saturated carbocycles. The predicted octanol–water partition coefficient (Wildman–Crippen LogP) is 3.13.